The summed E-state index contributed by atoms with van der Waals surface area (Å²) in [5.41, 5.74) is 3.57. The second-order valence-electron chi connectivity index (χ2n) is 4.83. The van der Waals surface area contributed by atoms with Gasteiger partial charge >= 0.3 is 0 Å². The van der Waals surface area contributed by atoms with Gasteiger partial charge in [0.05, 0.1) is 16.3 Å². The molecule has 0 spiro atoms. The van der Waals surface area contributed by atoms with Gasteiger partial charge in [-0.05, 0) is 46.1 Å². The smallest absolute Gasteiger partial charge is 0.275 e. The van der Waals surface area contributed by atoms with Crippen LogP contribution in [-0.2, 0) is 6.42 Å². The topological polar surface area (TPSA) is 81.9 Å². The number of benzene rings is 2. The largest absolute Gasteiger partial charge is 0.507 e. The van der Waals surface area contributed by atoms with E-state index in [2.05, 4.69) is 49.0 Å². The molecule has 24 heavy (non-hydrogen) atoms. The lowest BCUT2D eigenvalue weighted by molar-refractivity contribution is 0.0952. The number of nitrogens with zero attached hydrogens (tertiary/aromatic N) is 1. The van der Waals surface area contributed by atoms with Gasteiger partial charge in [0.15, 0.2) is 0 Å². The quantitative estimate of drug-likeness (QED) is 0.362. The average Bonchev–Trinajstić information content (AvgIpc) is 2.54. The summed E-state index contributed by atoms with van der Waals surface area (Å²) in [4.78, 5) is 12.1. The zero-order valence-corrected chi connectivity index (χ0v) is 15.6. The number of carbonyl (C=O) groups excluding carboxylic acids is 1. The third kappa shape index (κ3) is 4.24. The predicted octanol–water partition coefficient (Wildman–Crippen LogP) is 4.12. The van der Waals surface area contributed by atoms with Crippen molar-refractivity contribution in [3.8, 4) is 11.5 Å². The highest BCUT2D eigenvalue weighted by atomic mass is 79.9. The summed E-state index contributed by atoms with van der Waals surface area (Å²) >= 11 is 6.41. The molecule has 1 amide bonds. The van der Waals surface area contributed by atoms with Crippen molar-refractivity contribution >= 4 is 44.0 Å². The maximum Gasteiger partial charge on any atom is 0.275 e. The van der Waals surface area contributed by atoms with Gasteiger partial charge in [-0.15, -0.1) is 6.58 Å². The highest BCUT2D eigenvalue weighted by Crippen LogP contribution is 2.31. The number of nitrogens with one attached hydrogen (secondary N) is 1. The fourth-order valence-corrected chi connectivity index (χ4v) is 3.22. The molecular formula is C17H14Br2N2O3. The van der Waals surface area contributed by atoms with Gasteiger partial charge in [-0.25, -0.2) is 5.43 Å². The van der Waals surface area contributed by atoms with E-state index in [4.69, 9.17) is 0 Å². The molecule has 124 valence electrons. The second kappa shape index (κ2) is 8.12. The van der Waals surface area contributed by atoms with Crippen LogP contribution >= 0.6 is 31.9 Å². The number of para-hydroxylation sites is 1. The lowest BCUT2D eigenvalue weighted by atomic mass is 10.1. The van der Waals surface area contributed by atoms with Crippen molar-refractivity contribution in [1.29, 1.82) is 0 Å². The maximum atomic E-state index is 12.1. The van der Waals surface area contributed by atoms with Crippen LogP contribution in [-0.4, -0.2) is 22.3 Å². The highest BCUT2D eigenvalue weighted by Gasteiger charge is 2.14. The van der Waals surface area contributed by atoms with Crippen molar-refractivity contribution in [2.45, 2.75) is 6.42 Å². The number of carbonyl (C=O) groups is 1. The standard InChI is InChI=1S/C17H14Br2N2O3/c1-2-4-10-5-3-6-11(15(10)22)9-20-21-17(24)13-7-12(18)8-14(19)16(13)23/h2-3,5-9,22-23H,1,4H2,(H,21,24). The van der Waals surface area contributed by atoms with Crippen molar-refractivity contribution in [1.82, 2.24) is 5.43 Å². The lowest BCUT2D eigenvalue weighted by Gasteiger charge is -2.06. The lowest BCUT2D eigenvalue weighted by Crippen LogP contribution is -2.18. The summed E-state index contributed by atoms with van der Waals surface area (Å²) in [5, 5.41) is 23.9. The molecule has 0 saturated heterocycles. The summed E-state index contributed by atoms with van der Waals surface area (Å²) in [6.07, 6.45) is 3.55. The second-order valence-corrected chi connectivity index (χ2v) is 6.60. The first-order valence-corrected chi connectivity index (χ1v) is 8.45. The molecule has 3 N–H and O–H groups in total. The summed E-state index contributed by atoms with van der Waals surface area (Å²) in [7, 11) is 0. The van der Waals surface area contributed by atoms with Gasteiger partial charge in [-0.1, -0.05) is 34.1 Å². The number of phenolic OH excluding ortho intramolecular Hbond substituents is 2. The van der Waals surface area contributed by atoms with E-state index in [1.165, 1.54) is 12.3 Å². The Hall–Kier alpha value is -2.12. The fraction of sp³-hybridized carbons (Fsp3) is 0.0588. The van der Waals surface area contributed by atoms with Crippen LogP contribution in [0.2, 0.25) is 0 Å². The molecule has 7 heteroatoms. The van der Waals surface area contributed by atoms with Crippen LogP contribution in [0.25, 0.3) is 0 Å². The molecule has 0 aliphatic heterocycles. The Balaban J connectivity index is 2.16. The van der Waals surface area contributed by atoms with Crippen molar-refractivity contribution in [2.75, 3.05) is 0 Å². The zero-order valence-electron chi connectivity index (χ0n) is 12.5. The monoisotopic (exact) mass is 452 g/mol. The van der Waals surface area contributed by atoms with Gasteiger partial charge in [0.1, 0.15) is 11.5 Å². The van der Waals surface area contributed by atoms with E-state index in [0.29, 0.717) is 26.5 Å². The van der Waals surface area contributed by atoms with Crippen LogP contribution < -0.4 is 5.43 Å². The van der Waals surface area contributed by atoms with E-state index >= 15 is 0 Å². The van der Waals surface area contributed by atoms with Crippen LogP contribution in [0, 0.1) is 0 Å². The van der Waals surface area contributed by atoms with Gasteiger partial charge in [0.25, 0.3) is 5.91 Å². The molecule has 0 saturated carbocycles. The van der Waals surface area contributed by atoms with Crippen molar-refractivity contribution in [2.24, 2.45) is 5.10 Å². The molecule has 0 aliphatic rings. The minimum Gasteiger partial charge on any atom is -0.507 e. The van der Waals surface area contributed by atoms with Gasteiger partial charge < -0.3 is 10.2 Å². The van der Waals surface area contributed by atoms with Gasteiger partial charge in [0.2, 0.25) is 0 Å². The van der Waals surface area contributed by atoms with Crippen molar-refractivity contribution in [3.05, 3.63) is 68.6 Å². The molecule has 0 bridgehead atoms. The molecule has 0 radical (unpaired) electrons. The number of allylic oxidation sites excluding steroid dienone is 1. The predicted molar refractivity (Wildman–Crippen MR) is 101 cm³/mol. The molecule has 5 nitrogen and oxygen atoms in total. The fourth-order valence-electron chi connectivity index (χ4n) is 2.00. The Morgan fingerprint density at radius 2 is 2.00 bits per heavy atom. The summed E-state index contributed by atoms with van der Waals surface area (Å²) in [6, 6.07) is 8.33. The summed E-state index contributed by atoms with van der Waals surface area (Å²) in [6.45, 7) is 3.63. The first kappa shape index (κ1) is 18.2. The number of halogens is 2. The number of phenols is 2. The maximum absolute atomic E-state index is 12.1. The summed E-state index contributed by atoms with van der Waals surface area (Å²) in [5.74, 6) is -0.669. The van der Waals surface area contributed by atoms with E-state index in [-0.39, 0.29) is 17.1 Å². The molecule has 0 aliphatic carbocycles. The van der Waals surface area contributed by atoms with Gasteiger partial charge in [0, 0.05) is 10.0 Å². The Labute approximate surface area is 156 Å². The molecular weight excluding hydrogens is 440 g/mol. The van der Waals surface area contributed by atoms with Crippen LogP contribution in [0.15, 0.2) is 57.0 Å². The first-order valence-electron chi connectivity index (χ1n) is 6.87. The van der Waals surface area contributed by atoms with E-state index in [9.17, 15) is 15.0 Å². The van der Waals surface area contributed by atoms with Gasteiger partial charge in [-0.2, -0.15) is 5.10 Å². The third-order valence-corrected chi connectivity index (χ3v) is 4.22. The van der Waals surface area contributed by atoms with E-state index in [1.54, 1.807) is 30.3 Å². The van der Waals surface area contributed by atoms with Crippen LogP contribution in [0.3, 0.4) is 0 Å². The SMILES string of the molecule is C=CCc1cccc(C=NNC(=O)c2cc(Br)cc(Br)c2O)c1O. The highest BCUT2D eigenvalue weighted by molar-refractivity contribution is 9.11. The Morgan fingerprint density at radius 1 is 1.25 bits per heavy atom. The minimum absolute atomic E-state index is 0.0676. The molecule has 2 rings (SSSR count). The third-order valence-electron chi connectivity index (χ3n) is 3.16. The average molecular weight is 454 g/mol. The van der Waals surface area contributed by atoms with Crippen LogP contribution in [0.5, 0.6) is 11.5 Å². The van der Waals surface area contributed by atoms with E-state index < -0.39 is 5.91 Å². The Morgan fingerprint density at radius 3 is 2.71 bits per heavy atom. The number of hydrazone groups is 1. The van der Waals surface area contributed by atoms with E-state index in [1.807, 2.05) is 0 Å². The normalized spacial score (nSPS) is 10.8. The Bertz CT molecular complexity index is 820. The minimum atomic E-state index is -0.576. The van der Waals surface area contributed by atoms with E-state index in [0.717, 1.165) is 0 Å². The molecule has 0 fully saturated rings. The Kier molecular flexibility index (Phi) is 6.16. The zero-order chi connectivity index (χ0) is 17.7. The summed E-state index contributed by atoms with van der Waals surface area (Å²) < 4.78 is 1.02. The number of amides is 1. The molecule has 2 aromatic rings. The van der Waals surface area contributed by atoms with Crippen LogP contribution in [0.4, 0.5) is 0 Å². The molecule has 0 aromatic heterocycles. The van der Waals surface area contributed by atoms with Crippen LogP contribution in [0.1, 0.15) is 21.5 Å². The number of hydrogen-bond donors (Lipinski definition) is 3. The van der Waals surface area contributed by atoms with Crippen molar-refractivity contribution < 1.29 is 15.0 Å². The molecule has 0 unspecified atom stereocenters. The van der Waals surface area contributed by atoms with Gasteiger partial charge in [-0.3, -0.25) is 4.79 Å². The van der Waals surface area contributed by atoms with Crippen molar-refractivity contribution in [3.63, 3.8) is 0 Å². The first-order chi connectivity index (χ1) is 11.4. The molecule has 0 heterocycles. The number of hydrogen-bond acceptors (Lipinski definition) is 4. The number of rotatable bonds is 5. The molecule has 2 aromatic carbocycles. The number of aromatic hydroxyl groups is 2. The molecule has 0 atom stereocenters.